The summed E-state index contributed by atoms with van der Waals surface area (Å²) in [4.78, 5) is 4.60. The molecule has 2 N–H and O–H groups in total. The summed E-state index contributed by atoms with van der Waals surface area (Å²) in [6, 6.07) is 12.0. The number of ether oxygens (including phenoxy) is 4. The van der Waals surface area contributed by atoms with Crippen LogP contribution in [0.15, 0.2) is 41.4 Å². The fraction of sp³-hybridized carbons (Fsp3) is 0.435. The standard InChI is InChI=1S/C23H31N3O4.HI/c1-17-5-7-20(28-3)18(15-17)9-10-24-23(25-11-14-27-2)26-19-6-8-21-22(16-19)30-13-4-12-29-21;/h5-8,15-16H,4,9-14H2,1-3H3,(H2,24,25,26);1H. The van der Waals surface area contributed by atoms with Crippen LogP contribution in [-0.2, 0) is 11.2 Å². The largest absolute Gasteiger partial charge is 0.496 e. The molecule has 170 valence electrons. The fourth-order valence-electron chi connectivity index (χ4n) is 3.18. The Morgan fingerprint density at radius 3 is 2.65 bits per heavy atom. The smallest absolute Gasteiger partial charge is 0.195 e. The molecule has 0 spiro atoms. The summed E-state index contributed by atoms with van der Waals surface area (Å²) in [6.07, 6.45) is 1.70. The molecule has 0 bridgehead atoms. The van der Waals surface area contributed by atoms with E-state index in [-0.39, 0.29) is 24.0 Å². The van der Waals surface area contributed by atoms with Gasteiger partial charge in [-0.2, -0.15) is 0 Å². The van der Waals surface area contributed by atoms with Crippen molar-refractivity contribution in [2.45, 2.75) is 19.8 Å². The number of nitrogens with zero attached hydrogens (tertiary/aromatic N) is 1. The molecule has 3 rings (SSSR count). The van der Waals surface area contributed by atoms with Crippen molar-refractivity contribution in [2.75, 3.05) is 52.4 Å². The Kier molecular flexibility index (Phi) is 10.7. The second-order valence-electron chi connectivity index (χ2n) is 7.05. The molecule has 0 saturated heterocycles. The van der Waals surface area contributed by atoms with E-state index < -0.39 is 0 Å². The minimum absolute atomic E-state index is 0. The van der Waals surface area contributed by atoms with Crippen molar-refractivity contribution < 1.29 is 18.9 Å². The summed E-state index contributed by atoms with van der Waals surface area (Å²) in [5, 5.41) is 6.75. The first-order chi connectivity index (χ1) is 14.7. The quantitative estimate of drug-likeness (QED) is 0.228. The van der Waals surface area contributed by atoms with Gasteiger partial charge in [-0.3, -0.25) is 4.99 Å². The van der Waals surface area contributed by atoms with Gasteiger partial charge in [-0.1, -0.05) is 17.7 Å². The van der Waals surface area contributed by atoms with E-state index >= 15 is 0 Å². The zero-order valence-electron chi connectivity index (χ0n) is 18.4. The summed E-state index contributed by atoms with van der Waals surface area (Å²) >= 11 is 0. The summed E-state index contributed by atoms with van der Waals surface area (Å²) in [5.74, 6) is 3.11. The fourth-order valence-corrected chi connectivity index (χ4v) is 3.18. The number of aryl methyl sites for hydroxylation is 1. The topological polar surface area (TPSA) is 73.3 Å². The minimum atomic E-state index is 0. The van der Waals surface area contributed by atoms with E-state index in [1.807, 2.05) is 24.3 Å². The Hall–Kier alpha value is -2.20. The molecule has 1 aliphatic rings. The molecule has 0 aromatic heterocycles. The van der Waals surface area contributed by atoms with E-state index in [2.05, 4.69) is 34.7 Å². The lowest BCUT2D eigenvalue weighted by molar-refractivity contribution is 0.208. The maximum atomic E-state index is 5.79. The van der Waals surface area contributed by atoms with Crippen molar-refractivity contribution >= 4 is 35.6 Å². The van der Waals surface area contributed by atoms with Gasteiger partial charge in [0.05, 0.1) is 33.5 Å². The highest BCUT2D eigenvalue weighted by Gasteiger charge is 2.12. The number of rotatable bonds is 8. The van der Waals surface area contributed by atoms with Crippen molar-refractivity contribution in [1.82, 2.24) is 5.32 Å². The maximum absolute atomic E-state index is 5.79. The van der Waals surface area contributed by atoms with Crippen molar-refractivity contribution in [3.63, 3.8) is 0 Å². The van der Waals surface area contributed by atoms with Crippen LogP contribution in [0.4, 0.5) is 5.69 Å². The van der Waals surface area contributed by atoms with Gasteiger partial charge in [0.15, 0.2) is 17.5 Å². The van der Waals surface area contributed by atoms with Crippen LogP contribution in [0.5, 0.6) is 17.2 Å². The molecule has 2 aromatic carbocycles. The van der Waals surface area contributed by atoms with E-state index in [0.29, 0.717) is 38.9 Å². The first-order valence-electron chi connectivity index (χ1n) is 10.3. The van der Waals surface area contributed by atoms with Gasteiger partial charge in [0.25, 0.3) is 0 Å². The van der Waals surface area contributed by atoms with Crippen molar-refractivity contribution in [3.8, 4) is 17.2 Å². The molecule has 2 aromatic rings. The van der Waals surface area contributed by atoms with Gasteiger partial charge in [0.1, 0.15) is 5.75 Å². The summed E-state index contributed by atoms with van der Waals surface area (Å²) in [7, 11) is 3.37. The number of anilines is 1. The van der Waals surface area contributed by atoms with Gasteiger partial charge in [0, 0.05) is 31.8 Å². The number of guanidine groups is 1. The SMILES string of the molecule is COCCN=C(NCCc1cc(C)ccc1OC)Nc1ccc2c(c1)OCCCO2.I. The lowest BCUT2D eigenvalue weighted by atomic mass is 10.1. The number of nitrogens with one attached hydrogen (secondary N) is 2. The first kappa shape index (κ1) is 25.1. The maximum Gasteiger partial charge on any atom is 0.195 e. The van der Waals surface area contributed by atoms with E-state index in [9.17, 15) is 0 Å². The number of aliphatic imine (C=N–C) groups is 1. The van der Waals surface area contributed by atoms with Crippen LogP contribution in [0, 0.1) is 6.92 Å². The lowest BCUT2D eigenvalue weighted by Gasteiger charge is -2.15. The van der Waals surface area contributed by atoms with E-state index in [0.717, 1.165) is 41.3 Å². The van der Waals surface area contributed by atoms with Crippen molar-refractivity contribution in [1.29, 1.82) is 0 Å². The Labute approximate surface area is 201 Å². The predicted molar refractivity (Wildman–Crippen MR) is 135 cm³/mol. The van der Waals surface area contributed by atoms with Gasteiger partial charge in [-0.25, -0.2) is 0 Å². The summed E-state index contributed by atoms with van der Waals surface area (Å²) < 4.78 is 22.1. The number of fused-ring (bicyclic) bond motifs is 1. The molecule has 0 radical (unpaired) electrons. The molecule has 0 saturated carbocycles. The normalized spacial score (nSPS) is 13.1. The first-order valence-corrected chi connectivity index (χ1v) is 10.3. The molecular weight excluding hydrogens is 509 g/mol. The van der Waals surface area contributed by atoms with Gasteiger partial charge in [0.2, 0.25) is 0 Å². The Morgan fingerprint density at radius 2 is 1.87 bits per heavy atom. The van der Waals surface area contributed by atoms with Crippen molar-refractivity contribution in [3.05, 3.63) is 47.5 Å². The van der Waals surface area contributed by atoms with Crippen LogP contribution in [-0.4, -0.2) is 53.1 Å². The highest BCUT2D eigenvalue weighted by Crippen LogP contribution is 2.32. The minimum Gasteiger partial charge on any atom is -0.496 e. The highest BCUT2D eigenvalue weighted by atomic mass is 127. The van der Waals surface area contributed by atoms with E-state index in [1.54, 1.807) is 14.2 Å². The van der Waals surface area contributed by atoms with Crippen LogP contribution < -0.4 is 24.8 Å². The van der Waals surface area contributed by atoms with Crippen molar-refractivity contribution in [2.24, 2.45) is 4.99 Å². The average molecular weight is 541 g/mol. The number of hydrogen-bond donors (Lipinski definition) is 2. The molecule has 7 nitrogen and oxygen atoms in total. The molecule has 0 unspecified atom stereocenters. The summed E-state index contributed by atoms with van der Waals surface area (Å²) in [5.41, 5.74) is 3.26. The van der Waals surface area contributed by atoms with Crippen LogP contribution in [0.2, 0.25) is 0 Å². The second-order valence-corrected chi connectivity index (χ2v) is 7.05. The number of benzene rings is 2. The van der Waals surface area contributed by atoms with E-state index in [1.165, 1.54) is 5.56 Å². The molecule has 8 heteroatoms. The average Bonchev–Trinajstić information content (AvgIpc) is 2.99. The number of halogens is 1. The molecule has 0 aliphatic carbocycles. The van der Waals surface area contributed by atoms with Crippen LogP contribution in [0.1, 0.15) is 17.5 Å². The number of methoxy groups -OCH3 is 2. The third-order valence-corrected chi connectivity index (χ3v) is 4.70. The van der Waals surface area contributed by atoms with Gasteiger partial charge >= 0.3 is 0 Å². The highest BCUT2D eigenvalue weighted by molar-refractivity contribution is 14.0. The predicted octanol–water partition coefficient (Wildman–Crippen LogP) is 4.03. The molecule has 0 atom stereocenters. The zero-order chi connectivity index (χ0) is 21.2. The van der Waals surface area contributed by atoms with Gasteiger partial charge in [-0.15, -0.1) is 24.0 Å². The molecule has 1 heterocycles. The molecular formula is C23H32IN3O4. The monoisotopic (exact) mass is 541 g/mol. The van der Waals surface area contributed by atoms with E-state index in [4.69, 9.17) is 18.9 Å². The zero-order valence-corrected chi connectivity index (χ0v) is 20.7. The lowest BCUT2D eigenvalue weighted by Crippen LogP contribution is -2.33. The Balaban J connectivity index is 0.00000341. The molecule has 0 fully saturated rings. The molecule has 1 aliphatic heterocycles. The van der Waals surface area contributed by atoms with Crippen LogP contribution >= 0.6 is 24.0 Å². The van der Waals surface area contributed by atoms with Gasteiger partial charge in [-0.05, 0) is 37.1 Å². The Morgan fingerprint density at radius 1 is 1.06 bits per heavy atom. The third-order valence-electron chi connectivity index (χ3n) is 4.70. The third kappa shape index (κ3) is 7.77. The molecule has 0 amide bonds. The number of hydrogen-bond acceptors (Lipinski definition) is 5. The Bertz CT molecular complexity index is 861. The van der Waals surface area contributed by atoms with Gasteiger partial charge < -0.3 is 29.6 Å². The molecule has 31 heavy (non-hydrogen) atoms. The van der Waals surface area contributed by atoms with Crippen LogP contribution in [0.25, 0.3) is 0 Å². The summed E-state index contributed by atoms with van der Waals surface area (Å²) in [6.45, 7) is 5.24. The van der Waals surface area contributed by atoms with Crippen LogP contribution in [0.3, 0.4) is 0 Å². The second kappa shape index (κ2) is 13.3.